The Kier molecular flexibility index (Phi) is 11.5. The number of carboxylic acids is 1. The zero-order valence-corrected chi connectivity index (χ0v) is 18.6. The van der Waals surface area contributed by atoms with Crippen LogP contribution in [-0.4, -0.2) is 38.3 Å². The van der Waals surface area contributed by atoms with Crippen LogP contribution in [0.5, 0.6) is 0 Å². The molecule has 4 nitrogen and oxygen atoms in total. The van der Waals surface area contributed by atoms with Crippen LogP contribution in [0.4, 0.5) is 0 Å². The highest BCUT2D eigenvalue weighted by molar-refractivity contribution is 9.09. The summed E-state index contributed by atoms with van der Waals surface area (Å²) < 4.78 is 0. The van der Waals surface area contributed by atoms with Crippen LogP contribution in [0.25, 0.3) is 0 Å². The molecule has 1 rings (SSSR count). The predicted octanol–water partition coefficient (Wildman–Crippen LogP) is 5.08. The van der Waals surface area contributed by atoms with E-state index in [0.29, 0.717) is 10.7 Å². The summed E-state index contributed by atoms with van der Waals surface area (Å²) in [4.78, 5) is 10.8. The summed E-state index contributed by atoms with van der Waals surface area (Å²) in [5.74, 6) is -0.145. The Balaban J connectivity index is 2.50. The van der Waals surface area contributed by atoms with Crippen molar-refractivity contribution in [2.75, 3.05) is 0 Å². The van der Waals surface area contributed by atoms with Gasteiger partial charge in [-0.3, -0.25) is 4.79 Å². The fourth-order valence-corrected chi connectivity index (χ4v) is 4.74. The van der Waals surface area contributed by atoms with Gasteiger partial charge >= 0.3 is 5.97 Å². The highest BCUT2D eigenvalue weighted by Crippen LogP contribution is 2.41. The molecule has 27 heavy (non-hydrogen) atoms. The quantitative estimate of drug-likeness (QED) is 0.222. The van der Waals surface area contributed by atoms with E-state index in [1.165, 1.54) is 5.57 Å². The Morgan fingerprint density at radius 3 is 2.52 bits per heavy atom. The third-order valence-corrected chi connectivity index (χ3v) is 6.61. The van der Waals surface area contributed by atoms with E-state index in [4.69, 9.17) is 5.11 Å². The van der Waals surface area contributed by atoms with Gasteiger partial charge in [-0.15, -0.1) is 0 Å². The molecule has 0 aliphatic heterocycles. The molecule has 1 saturated carbocycles. The van der Waals surface area contributed by atoms with Crippen LogP contribution in [0.1, 0.15) is 72.1 Å². The molecule has 1 aliphatic carbocycles. The van der Waals surface area contributed by atoms with Crippen LogP contribution in [0.2, 0.25) is 0 Å². The zero-order chi connectivity index (χ0) is 20.4. The molecule has 0 aromatic rings. The van der Waals surface area contributed by atoms with Crippen molar-refractivity contribution in [2.24, 2.45) is 17.8 Å². The van der Waals surface area contributed by atoms with Crippen LogP contribution < -0.4 is 0 Å². The first kappa shape index (κ1) is 24.4. The number of halogens is 1. The van der Waals surface area contributed by atoms with Crippen molar-refractivity contribution in [2.45, 2.75) is 89.2 Å². The van der Waals surface area contributed by atoms with Crippen molar-refractivity contribution in [3.05, 3.63) is 23.8 Å². The lowest BCUT2D eigenvalue weighted by molar-refractivity contribution is -0.137. The minimum Gasteiger partial charge on any atom is -0.481 e. The van der Waals surface area contributed by atoms with Crippen molar-refractivity contribution in [1.82, 2.24) is 0 Å². The highest BCUT2D eigenvalue weighted by atomic mass is 79.9. The second kappa shape index (κ2) is 12.7. The van der Waals surface area contributed by atoms with Gasteiger partial charge < -0.3 is 15.3 Å². The topological polar surface area (TPSA) is 77.8 Å². The van der Waals surface area contributed by atoms with Crippen LogP contribution >= 0.6 is 15.9 Å². The van der Waals surface area contributed by atoms with Crippen molar-refractivity contribution in [3.63, 3.8) is 0 Å². The number of aliphatic hydroxyl groups is 2. The second-order valence-electron chi connectivity index (χ2n) is 8.28. The predicted molar refractivity (Wildman–Crippen MR) is 114 cm³/mol. The molecule has 156 valence electrons. The third-order valence-electron chi connectivity index (χ3n) is 5.56. The average molecular weight is 445 g/mol. The molecule has 1 fully saturated rings. The van der Waals surface area contributed by atoms with Gasteiger partial charge in [0.15, 0.2) is 0 Å². The van der Waals surface area contributed by atoms with Crippen molar-refractivity contribution in [1.29, 1.82) is 0 Å². The van der Waals surface area contributed by atoms with E-state index in [9.17, 15) is 15.0 Å². The molecular formula is C22H37BrO4. The average Bonchev–Trinajstić information content (AvgIpc) is 2.86. The van der Waals surface area contributed by atoms with Gasteiger partial charge in [0, 0.05) is 17.2 Å². The second-order valence-corrected chi connectivity index (χ2v) is 9.45. The van der Waals surface area contributed by atoms with E-state index in [0.717, 1.165) is 44.9 Å². The molecule has 0 bridgehead atoms. The van der Waals surface area contributed by atoms with E-state index in [1.54, 1.807) is 0 Å². The Hall–Kier alpha value is -0.650. The normalized spacial score (nSPS) is 27.6. The van der Waals surface area contributed by atoms with E-state index in [2.05, 4.69) is 35.9 Å². The maximum Gasteiger partial charge on any atom is 0.303 e. The monoisotopic (exact) mass is 444 g/mol. The standard InChI is InChI=1S/C22H37BrO4/c1-15(2)10-11-16(3)20(24)13-12-18-17(19(23)14-21(18)25)8-6-4-5-7-9-22(26)27/h10,12-13,16-21,24-25H,4-9,11,14H2,1-3H3,(H,26,27)/t16?,17-,18-,19+,20-,21-/m1/s1. The molecular weight excluding hydrogens is 408 g/mol. The first-order valence-electron chi connectivity index (χ1n) is 10.3. The Labute approximate surface area is 172 Å². The number of hydrogen-bond donors (Lipinski definition) is 3. The van der Waals surface area contributed by atoms with Gasteiger partial charge in [-0.05, 0) is 51.4 Å². The maximum atomic E-state index is 10.5. The number of carbonyl (C=O) groups is 1. The lowest BCUT2D eigenvalue weighted by atomic mass is 9.88. The van der Waals surface area contributed by atoms with E-state index >= 15 is 0 Å². The lowest BCUT2D eigenvalue weighted by Gasteiger charge is -2.22. The molecule has 0 amide bonds. The molecule has 5 heteroatoms. The van der Waals surface area contributed by atoms with Crippen molar-refractivity contribution in [3.8, 4) is 0 Å². The van der Waals surface area contributed by atoms with Crippen molar-refractivity contribution < 1.29 is 20.1 Å². The molecule has 0 aromatic carbocycles. The molecule has 1 unspecified atom stereocenters. The first-order valence-corrected chi connectivity index (χ1v) is 11.2. The minimum absolute atomic E-state index is 0.0682. The number of aliphatic carboxylic acids is 1. The van der Waals surface area contributed by atoms with E-state index < -0.39 is 12.1 Å². The van der Waals surface area contributed by atoms with Crippen LogP contribution in [0.3, 0.4) is 0 Å². The summed E-state index contributed by atoms with van der Waals surface area (Å²) in [6.45, 7) is 6.17. The summed E-state index contributed by atoms with van der Waals surface area (Å²) in [5.41, 5.74) is 1.26. The van der Waals surface area contributed by atoms with E-state index in [-0.39, 0.29) is 24.4 Å². The molecule has 1 aliphatic rings. The van der Waals surface area contributed by atoms with Gasteiger partial charge in [-0.25, -0.2) is 0 Å². The molecule has 0 saturated heterocycles. The lowest BCUT2D eigenvalue weighted by Crippen LogP contribution is -2.20. The number of allylic oxidation sites excluding steroid dienone is 2. The van der Waals surface area contributed by atoms with Gasteiger partial charge in [0.2, 0.25) is 0 Å². The van der Waals surface area contributed by atoms with Gasteiger partial charge in [-0.2, -0.15) is 0 Å². The molecule has 0 radical (unpaired) electrons. The number of alkyl halides is 1. The number of aliphatic hydroxyl groups excluding tert-OH is 2. The van der Waals surface area contributed by atoms with Gasteiger partial charge in [0.05, 0.1) is 12.2 Å². The van der Waals surface area contributed by atoms with Crippen molar-refractivity contribution >= 4 is 21.9 Å². The van der Waals surface area contributed by atoms with Gasteiger partial charge in [-0.1, -0.05) is 65.9 Å². The Morgan fingerprint density at radius 2 is 1.89 bits per heavy atom. The largest absolute Gasteiger partial charge is 0.481 e. The number of unbranched alkanes of at least 4 members (excludes halogenated alkanes) is 3. The van der Waals surface area contributed by atoms with Crippen LogP contribution in [0, 0.1) is 17.8 Å². The van der Waals surface area contributed by atoms with Gasteiger partial charge in [0.25, 0.3) is 0 Å². The fraction of sp³-hybridized carbons (Fsp3) is 0.773. The number of carboxylic acid groups (broad SMARTS) is 1. The summed E-state index contributed by atoms with van der Waals surface area (Å²) >= 11 is 3.72. The first-order chi connectivity index (χ1) is 12.7. The summed E-state index contributed by atoms with van der Waals surface area (Å²) in [5, 5.41) is 29.5. The summed E-state index contributed by atoms with van der Waals surface area (Å²) in [7, 11) is 0. The smallest absolute Gasteiger partial charge is 0.303 e. The van der Waals surface area contributed by atoms with E-state index in [1.807, 2.05) is 19.1 Å². The number of rotatable bonds is 12. The molecule has 0 spiro atoms. The minimum atomic E-state index is -0.725. The molecule has 0 aromatic heterocycles. The molecule has 3 N–H and O–H groups in total. The van der Waals surface area contributed by atoms with Crippen LogP contribution in [-0.2, 0) is 4.79 Å². The molecule has 0 heterocycles. The van der Waals surface area contributed by atoms with Gasteiger partial charge in [0.1, 0.15) is 0 Å². The SMILES string of the molecule is CC(C)=CCC(C)[C@H](O)C=C[C@@H]1[C@@H](CCCCCCC(=O)O)[C@@H](Br)C[C@H]1O. The summed E-state index contributed by atoms with van der Waals surface area (Å²) in [6, 6.07) is 0. The third kappa shape index (κ3) is 9.40. The zero-order valence-electron chi connectivity index (χ0n) is 17.0. The Bertz CT molecular complexity index is 499. The maximum absolute atomic E-state index is 10.5. The fourth-order valence-electron chi connectivity index (χ4n) is 3.74. The molecule has 6 atom stereocenters. The highest BCUT2D eigenvalue weighted by Gasteiger charge is 2.39. The Morgan fingerprint density at radius 1 is 1.22 bits per heavy atom. The van der Waals surface area contributed by atoms with Crippen LogP contribution in [0.15, 0.2) is 23.8 Å². The summed E-state index contributed by atoms with van der Waals surface area (Å²) in [6.07, 6.45) is 11.7. The number of hydrogen-bond acceptors (Lipinski definition) is 3.